The van der Waals surface area contributed by atoms with E-state index in [1.807, 2.05) is 24.4 Å². The van der Waals surface area contributed by atoms with Crippen LogP contribution in [0.2, 0.25) is 0 Å². The van der Waals surface area contributed by atoms with Gasteiger partial charge >= 0.3 is 0 Å². The highest BCUT2D eigenvalue weighted by atomic mass is 15.2. The number of fused-ring (bicyclic) bond motifs is 4. The zero-order chi connectivity index (χ0) is 32.8. The van der Waals surface area contributed by atoms with Crippen LogP contribution in [-0.4, -0.2) is 9.55 Å². The lowest BCUT2D eigenvalue weighted by Gasteiger charge is -2.28. The molecule has 0 radical (unpaired) electrons. The molecule has 232 valence electrons. The van der Waals surface area contributed by atoms with Gasteiger partial charge in [-0.1, -0.05) is 105 Å². The minimum absolute atomic E-state index is 0.163. The van der Waals surface area contributed by atoms with E-state index in [2.05, 4.69) is 170 Å². The fraction of sp³-hybridized carbons (Fsp3) is 0.0889. The number of rotatable bonds is 7. The standard InChI is InChI=1S/C45H37N3/c1-5-14-36-37-26-25-35(30-41(37)45(3,4)40(36)6-2)47(44-19-12-13-28-46-44)34-23-20-31(21-24-34)32-22-27-43-39(29-32)38-17-10-11-18-42(38)48(43)33-15-8-7-9-16-33/h5-30H,2H2,1,3-4H3/b14-5-. The lowest BCUT2D eigenvalue weighted by Crippen LogP contribution is -2.17. The molecule has 3 heteroatoms. The highest BCUT2D eigenvalue weighted by Gasteiger charge is 2.36. The molecule has 3 nitrogen and oxygen atoms in total. The topological polar surface area (TPSA) is 21.1 Å². The largest absolute Gasteiger partial charge is 0.309 e. The maximum atomic E-state index is 4.79. The van der Waals surface area contributed by atoms with Crippen LogP contribution in [0.3, 0.4) is 0 Å². The van der Waals surface area contributed by atoms with Gasteiger partial charge < -0.3 is 4.57 Å². The normalized spacial score (nSPS) is 13.8. The summed E-state index contributed by atoms with van der Waals surface area (Å²) in [6.07, 6.45) is 8.19. The molecule has 7 aromatic rings. The van der Waals surface area contributed by atoms with Crippen LogP contribution in [0.1, 0.15) is 31.9 Å². The van der Waals surface area contributed by atoms with E-state index >= 15 is 0 Å². The van der Waals surface area contributed by atoms with Crippen LogP contribution in [0.5, 0.6) is 0 Å². The van der Waals surface area contributed by atoms with E-state index in [9.17, 15) is 0 Å². The van der Waals surface area contributed by atoms with Gasteiger partial charge in [-0.25, -0.2) is 4.98 Å². The molecule has 0 N–H and O–H groups in total. The Labute approximate surface area is 282 Å². The third-order valence-electron chi connectivity index (χ3n) is 9.75. The van der Waals surface area contributed by atoms with E-state index in [4.69, 9.17) is 4.98 Å². The number of hydrogen-bond donors (Lipinski definition) is 0. The molecule has 0 amide bonds. The quantitative estimate of drug-likeness (QED) is 0.177. The second-order valence-corrected chi connectivity index (χ2v) is 12.9. The van der Waals surface area contributed by atoms with Gasteiger partial charge in [-0.3, -0.25) is 4.90 Å². The number of para-hydroxylation sites is 2. The number of anilines is 3. The summed E-state index contributed by atoms with van der Waals surface area (Å²) in [6.45, 7) is 10.8. The minimum Gasteiger partial charge on any atom is -0.309 e. The molecule has 48 heavy (non-hydrogen) atoms. The van der Waals surface area contributed by atoms with Gasteiger partial charge in [0, 0.05) is 39.4 Å². The molecule has 0 atom stereocenters. The zero-order valence-corrected chi connectivity index (χ0v) is 27.6. The highest BCUT2D eigenvalue weighted by Crippen LogP contribution is 2.49. The summed E-state index contributed by atoms with van der Waals surface area (Å²) < 4.78 is 2.36. The van der Waals surface area contributed by atoms with Crippen molar-refractivity contribution in [2.45, 2.75) is 26.2 Å². The lowest BCUT2D eigenvalue weighted by molar-refractivity contribution is 0.654. The molecule has 5 aromatic carbocycles. The lowest BCUT2D eigenvalue weighted by atomic mass is 9.81. The molecule has 0 fully saturated rings. The molecule has 1 aliphatic carbocycles. The van der Waals surface area contributed by atoms with E-state index in [1.165, 1.54) is 60.9 Å². The number of allylic oxidation sites excluding steroid dienone is 5. The van der Waals surface area contributed by atoms with Crippen molar-refractivity contribution >= 4 is 44.6 Å². The average molecular weight is 620 g/mol. The maximum absolute atomic E-state index is 4.79. The van der Waals surface area contributed by atoms with Crippen LogP contribution in [-0.2, 0) is 5.41 Å². The van der Waals surface area contributed by atoms with Gasteiger partial charge in [0.1, 0.15) is 5.82 Å². The Hall–Kier alpha value is -5.93. The van der Waals surface area contributed by atoms with E-state index in [1.54, 1.807) is 0 Å². The highest BCUT2D eigenvalue weighted by molar-refractivity contribution is 6.10. The fourth-order valence-corrected chi connectivity index (χ4v) is 7.47. The number of aromatic nitrogens is 2. The number of pyridine rings is 1. The van der Waals surface area contributed by atoms with Crippen LogP contribution in [0, 0.1) is 0 Å². The van der Waals surface area contributed by atoms with Crippen LogP contribution in [0.25, 0.3) is 44.2 Å². The number of hydrogen-bond acceptors (Lipinski definition) is 2. The zero-order valence-electron chi connectivity index (χ0n) is 27.6. The average Bonchev–Trinajstić information content (AvgIpc) is 3.57. The summed E-state index contributed by atoms with van der Waals surface area (Å²) in [5.74, 6) is 0.877. The molecule has 0 saturated heterocycles. The van der Waals surface area contributed by atoms with Gasteiger partial charge in [0.05, 0.1) is 11.0 Å². The molecule has 0 saturated carbocycles. The second kappa shape index (κ2) is 11.7. The molecule has 8 rings (SSSR count). The van der Waals surface area contributed by atoms with Gasteiger partial charge in [-0.05, 0) is 107 Å². The van der Waals surface area contributed by atoms with Crippen molar-refractivity contribution in [2.24, 2.45) is 0 Å². The molecule has 0 bridgehead atoms. The monoisotopic (exact) mass is 619 g/mol. The molecule has 2 heterocycles. The molecule has 0 unspecified atom stereocenters. The van der Waals surface area contributed by atoms with Crippen molar-refractivity contribution in [3.63, 3.8) is 0 Å². The molecular formula is C45H37N3. The van der Waals surface area contributed by atoms with Crippen LogP contribution in [0.15, 0.2) is 170 Å². The van der Waals surface area contributed by atoms with Crippen molar-refractivity contribution in [3.8, 4) is 16.8 Å². The summed E-state index contributed by atoms with van der Waals surface area (Å²) in [6, 6.07) is 47.8. The Morgan fingerprint density at radius 3 is 2.15 bits per heavy atom. The predicted molar refractivity (Wildman–Crippen MR) is 204 cm³/mol. The van der Waals surface area contributed by atoms with Gasteiger partial charge in [0.2, 0.25) is 0 Å². The van der Waals surface area contributed by atoms with Crippen LogP contribution >= 0.6 is 0 Å². The van der Waals surface area contributed by atoms with Gasteiger partial charge in [-0.15, -0.1) is 0 Å². The van der Waals surface area contributed by atoms with Crippen molar-refractivity contribution in [3.05, 3.63) is 181 Å². The first-order valence-corrected chi connectivity index (χ1v) is 16.5. The summed E-state index contributed by atoms with van der Waals surface area (Å²) in [4.78, 5) is 7.04. The molecule has 1 aliphatic rings. The Morgan fingerprint density at radius 2 is 1.40 bits per heavy atom. The van der Waals surface area contributed by atoms with Crippen LogP contribution in [0.4, 0.5) is 17.2 Å². The first kappa shape index (κ1) is 29.5. The maximum Gasteiger partial charge on any atom is 0.137 e. The Kier molecular flexibility index (Phi) is 7.18. The molecule has 0 spiro atoms. The summed E-state index contributed by atoms with van der Waals surface area (Å²) in [5, 5.41) is 2.50. The van der Waals surface area contributed by atoms with Gasteiger partial charge in [0.15, 0.2) is 0 Å². The third-order valence-corrected chi connectivity index (χ3v) is 9.75. The Bertz CT molecular complexity index is 2370. The van der Waals surface area contributed by atoms with E-state index in [0.29, 0.717) is 0 Å². The van der Waals surface area contributed by atoms with E-state index < -0.39 is 0 Å². The third kappa shape index (κ3) is 4.70. The molecular weight excluding hydrogens is 583 g/mol. The fourth-order valence-electron chi connectivity index (χ4n) is 7.47. The van der Waals surface area contributed by atoms with Gasteiger partial charge in [0.25, 0.3) is 0 Å². The SMILES string of the molecule is C=CC1=C(/C=C\C)c2ccc(N(c3ccc(-c4ccc5c(c4)c4ccccc4n5-c4ccccc4)cc3)c3ccccn3)cc2C1(C)C. The number of nitrogens with zero attached hydrogens (tertiary/aromatic N) is 3. The van der Waals surface area contributed by atoms with Crippen molar-refractivity contribution in [1.29, 1.82) is 0 Å². The van der Waals surface area contributed by atoms with Gasteiger partial charge in [-0.2, -0.15) is 0 Å². The van der Waals surface area contributed by atoms with Crippen LogP contribution < -0.4 is 4.90 Å². The van der Waals surface area contributed by atoms with E-state index in [-0.39, 0.29) is 5.41 Å². The first-order valence-electron chi connectivity index (χ1n) is 16.5. The smallest absolute Gasteiger partial charge is 0.137 e. The summed E-state index contributed by atoms with van der Waals surface area (Å²) >= 11 is 0. The van der Waals surface area contributed by atoms with Crippen molar-refractivity contribution in [2.75, 3.05) is 4.90 Å². The van der Waals surface area contributed by atoms with Crippen molar-refractivity contribution < 1.29 is 0 Å². The summed E-state index contributed by atoms with van der Waals surface area (Å²) in [5.41, 5.74) is 13.0. The summed E-state index contributed by atoms with van der Waals surface area (Å²) in [7, 11) is 0. The number of benzene rings is 5. The predicted octanol–water partition coefficient (Wildman–Crippen LogP) is 12.1. The Morgan fingerprint density at radius 1 is 0.688 bits per heavy atom. The van der Waals surface area contributed by atoms with Crippen molar-refractivity contribution in [1.82, 2.24) is 9.55 Å². The second-order valence-electron chi connectivity index (χ2n) is 12.9. The first-order chi connectivity index (χ1) is 23.5. The Balaban J connectivity index is 1.21. The molecule has 2 aromatic heterocycles. The molecule has 0 aliphatic heterocycles. The van der Waals surface area contributed by atoms with E-state index in [0.717, 1.165) is 17.2 Å². The minimum atomic E-state index is -0.163.